The van der Waals surface area contributed by atoms with E-state index in [-0.39, 0.29) is 0 Å². The number of hydrogen-bond acceptors (Lipinski definition) is 0. The normalized spacial score (nSPS) is 20.3. The summed E-state index contributed by atoms with van der Waals surface area (Å²) in [6, 6.07) is 32.8. The quantitative estimate of drug-likeness (QED) is 0.244. The Kier molecular flexibility index (Phi) is 4.73. The molecule has 0 amide bonds. The highest BCUT2D eigenvalue weighted by Crippen LogP contribution is 2.38. The molecule has 2 fully saturated rings. The number of fused-ring (bicyclic) bond motifs is 6. The predicted octanol–water partition coefficient (Wildman–Crippen LogP) is 5.49. The average molecular weight is 520 g/mol. The molecule has 1 aromatic heterocycles. The van der Waals surface area contributed by atoms with Crippen molar-refractivity contribution in [1.82, 2.24) is 0 Å². The van der Waals surface area contributed by atoms with Gasteiger partial charge < -0.3 is 0 Å². The van der Waals surface area contributed by atoms with Gasteiger partial charge in [-0.2, -0.15) is 0 Å². The summed E-state index contributed by atoms with van der Waals surface area (Å²) in [5.41, 5.74) is 5.79. The molecule has 2 spiro atoms. The van der Waals surface area contributed by atoms with E-state index in [9.17, 15) is 0 Å². The third kappa shape index (κ3) is 3.36. The van der Waals surface area contributed by atoms with Crippen LogP contribution in [0.2, 0.25) is 24.2 Å². The molecule has 0 unspecified atom stereocenters. The van der Waals surface area contributed by atoms with E-state index in [0.717, 1.165) is 22.4 Å². The minimum Gasteiger partial charge on any atom is -0.201 e. The average Bonchev–Trinajstić information content (AvgIpc) is 3.64. The Morgan fingerprint density at radius 1 is 0.649 bits per heavy atom. The van der Waals surface area contributed by atoms with Crippen molar-refractivity contribution in [2.75, 3.05) is 0 Å². The molecule has 3 aromatic carbocycles. The van der Waals surface area contributed by atoms with E-state index < -0.39 is 23.0 Å². The molecular weight excluding hydrogens is 479 g/mol. The highest BCUT2D eigenvalue weighted by Gasteiger charge is 2.54. The van der Waals surface area contributed by atoms with Gasteiger partial charge in [0.25, 0.3) is 0 Å². The lowest BCUT2D eigenvalue weighted by atomic mass is 9.97. The Labute approximate surface area is 228 Å². The molecule has 0 saturated carbocycles. The Balaban J connectivity index is 1.50. The van der Waals surface area contributed by atoms with Crippen LogP contribution in [0.4, 0.5) is 0 Å². The summed E-state index contributed by atoms with van der Waals surface area (Å²) in [5.74, 6) is 0. The highest BCUT2D eigenvalue weighted by atomic mass is 28.3. The minimum atomic E-state index is -2.19. The van der Waals surface area contributed by atoms with Crippen LogP contribution < -0.4 is 25.3 Å². The SMILES string of the molecule is [2H]C([2H])([2H])c1c[n+](C)c(-c2ccccc2C)cc1-c1ccc2c(c1)[Si]1(CCCC1)c1ccccc1[Si]21CCCC1. The monoisotopic (exact) mass is 519 g/mol. The molecule has 3 aliphatic rings. The fourth-order valence-corrected chi connectivity index (χ4v) is 21.8. The van der Waals surface area contributed by atoms with Gasteiger partial charge in [0.05, 0.1) is 0 Å². The Morgan fingerprint density at radius 3 is 1.89 bits per heavy atom. The number of rotatable bonds is 2. The fourth-order valence-electron chi connectivity index (χ4n) is 8.18. The summed E-state index contributed by atoms with van der Waals surface area (Å²) in [6.45, 7) is -0.0616. The zero-order chi connectivity index (χ0) is 27.7. The maximum absolute atomic E-state index is 8.49. The van der Waals surface area contributed by atoms with Crippen molar-refractivity contribution in [2.24, 2.45) is 7.05 Å². The molecule has 0 bridgehead atoms. The van der Waals surface area contributed by atoms with Crippen LogP contribution >= 0.6 is 0 Å². The van der Waals surface area contributed by atoms with E-state index in [1.54, 1.807) is 20.7 Å². The van der Waals surface area contributed by atoms with E-state index in [1.165, 1.54) is 55.4 Å². The molecule has 3 aliphatic heterocycles. The molecule has 0 aliphatic carbocycles. The van der Waals surface area contributed by atoms with Crippen molar-refractivity contribution < 1.29 is 8.68 Å². The lowest BCUT2D eigenvalue weighted by Crippen LogP contribution is -2.80. The molecule has 4 heterocycles. The van der Waals surface area contributed by atoms with Gasteiger partial charge in [-0.25, -0.2) is 4.57 Å². The van der Waals surface area contributed by atoms with Gasteiger partial charge in [0.1, 0.15) is 23.2 Å². The first kappa shape index (κ1) is 20.2. The molecular formula is C34H38NSi2+. The molecule has 4 aromatic rings. The van der Waals surface area contributed by atoms with Gasteiger partial charge in [0.15, 0.2) is 6.20 Å². The zero-order valence-corrected chi connectivity index (χ0v) is 24.1. The summed E-state index contributed by atoms with van der Waals surface area (Å²) < 4.78 is 27.5. The van der Waals surface area contributed by atoms with Crippen LogP contribution in [0.25, 0.3) is 22.4 Å². The molecule has 1 nitrogen and oxygen atoms in total. The molecule has 2 saturated heterocycles. The Morgan fingerprint density at radius 2 is 1.24 bits per heavy atom. The largest absolute Gasteiger partial charge is 0.213 e. The van der Waals surface area contributed by atoms with Gasteiger partial charge in [-0.1, -0.05) is 107 Å². The van der Waals surface area contributed by atoms with Gasteiger partial charge >= 0.3 is 0 Å². The van der Waals surface area contributed by atoms with Gasteiger partial charge in [-0.3, -0.25) is 0 Å². The molecule has 186 valence electrons. The molecule has 7 rings (SSSR count). The maximum Gasteiger partial charge on any atom is 0.213 e. The second kappa shape index (κ2) is 8.64. The fraction of sp³-hybridized carbons (Fsp3) is 0.324. The van der Waals surface area contributed by atoms with Gasteiger partial charge in [0, 0.05) is 21.3 Å². The van der Waals surface area contributed by atoms with Gasteiger partial charge in [-0.05, 0) is 60.7 Å². The first-order chi connectivity index (χ1) is 19.2. The van der Waals surface area contributed by atoms with Crippen molar-refractivity contribution in [3.05, 3.63) is 90.1 Å². The van der Waals surface area contributed by atoms with E-state index in [2.05, 4.69) is 79.7 Å². The van der Waals surface area contributed by atoms with Crippen LogP contribution in [0.15, 0.2) is 79.0 Å². The van der Waals surface area contributed by atoms with Gasteiger partial charge in [0.2, 0.25) is 5.69 Å². The number of aryl methyl sites for hydroxylation is 3. The number of benzene rings is 3. The molecule has 0 N–H and O–H groups in total. The second-order valence-corrected chi connectivity index (χ2v) is 20.3. The number of aromatic nitrogens is 1. The number of pyridine rings is 1. The predicted molar refractivity (Wildman–Crippen MR) is 162 cm³/mol. The van der Waals surface area contributed by atoms with Crippen LogP contribution in [0, 0.1) is 13.8 Å². The van der Waals surface area contributed by atoms with Crippen LogP contribution in [0.5, 0.6) is 0 Å². The van der Waals surface area contributed by atoms with Crippen molar-refractivity contribution in [1.29, 1.82) is 0 Å². The number of nitrogens with zero attached hydrogens (tertiary/aromatic N) is 1. The summed E-state index contributed by atoms with van der Waals surface area (Å²) in [7, 11) is -1.71. The lowest BCUT2D eigenvalue weighted by Gasteiger charge is -2.45. The van der Waals surface area contributed by atoms with Crippen molar-refractivity contribution in [3.63, 3.8) is 0 Å². The highest BCUT2D eigenvalue weighted by molar-refractivity contribution is 7.18. The van der Waals surface area contributed by atoms with E-state index in [1.807, 2.05) is 17.8 Å². The van der Waals surface area contributed by atoms with Crippen molar-refractivity contribution in [3.8, 4) is 22.4 Å². The van der Waals surface area contributed by atoms with Crippen LogP contribution in [-0.2, 0) is 7.05 Å². The van der Waals surface area contributed by atoms with Crippen LogP contribution in [0.1, 0.15) is 40.9 Å². The zero-order valence-electron chi connectivity index (χ0n) is 25.1. The van der Waals surface area contributed by atoms with Crippen molar-refractivity contribution in [2.45, 2.75) is 63.6 Å². The third-order valence-corrected chi connectivity index (χ3v) is 21.1. The van der Waals surface area contributed by atoms with Gasteiger partial charge in [-0.15, -0.1) is 0 Å². The lowest BCUT2D eigenvalue weighted by molar-refractivity contribution is -0.660. The smallest absolute Gasteiger partial charge is 0.201 e. The van der Waals surface area contributed by atoms with E-state index >= 15 is 0 Å². The molecule has 3 heteroatoms. The Hall–Kier alpha value is -2.76. The van der Waals surface area contributed by atoms with Crippen LogP contribution in [-0.4, -0.2) is 16.1 Å². The summed E-state index contributed by atoms with van der Waals surface area (Å²) in [5, 5.41) is 6.87. The third-order valence-electron chi connectivity index (χ3n) is 9.93. The van der Waals surface area contributed by atoms with E-state index in [4.69, 9.17) is 4.11 Å². The maximum atomic E-state index is 8.49. The first-order valence-corrected chi connectivity index (χ1v) is 18.9. The summed E-state index contributed by atoms with van der Waals surface area (Å²) in [4.78, 5) is 0. The molecule has 0 radical (unpaired) electrons. The number of hydrogen-bond donors (Lipinski definition) is 0. The second-order valence-electron chi connectivity index (χ2n) is 11.8. The first-order valence-electron chi connectivity index (χ1n) is 15.6. The Bertz CT molecular complexity index is 1630. The minimum absolute atomic E-state index is 0.443. The topological polar surface area (TPSA) is 3.88 Å². The van der Waals surface area contributed by atoms with Crippen LogP contribution in [0.3, 0.4) is 0 Å². The molecule has 0 atom stereocenters. The van der Waals surface area contributed by atoms with E-state index in [0.29, 0.717) is 5.56 Å². The summed E-state index contributed by atoms with van der Waals surface area (Å²) in [6.07, 6.45) is 7.17. The standard InChI is InChI=1S/C34H38NSi2/c1-25-12-4-5-13-28(25)30-23-29(26(2)24-35(30)3)27-16-17-33-34(22-27)37(20-10-11-21-37)32-15-7-6-14-31(32)36(33)18-8-9-19-36/h4-7,12-17,22-24H,8-11,18-21H2,1-3H3/q+1/i2D3. The summed E-state index contributed by atoms with van der Waals surface area (Å²) >= 11 is 0. The molecule has 37 heavy (non-hydrogen) atoms. The van der Waals surface area contributed by atoms with Crippen molar-refractivity contribution >= 4 is 36.9 Å².